The first-order valence-corrected chi connectivity index (χ1v) is 6.21. The van der Waals surface area contributed by atoms with Crippen LogP contribution in [0.15, 0.2) is 18.2 Å². The van der Waals surface area contributed by atoms with Crippen molar-refractivity contribution in [1.29, 1.82) is 0 Å². The molecule has 0 amide bonds. The van der Waals surface area contributed by atoms with E-state index in [4.69, 9.17) is 15.6 Å². The molecule has 0 aliphatic carbocycles. The molecule has 5 nitrogen and oxygen atoms in total. The fourth-order valence-electron chi connectivity index (χ4n) is 1.64. The van der Waals surface area contributed by atoms with Gasteiger partial charge >= 0.3 is 5.97 Å². The lowest BCUT2D eigenvalue weighted by Gasteiger charge is -2.25. The minimum absolute atomic E-state index is 0.0433. The molecule has 19 heavy (non-hydrogen) atoms. The van der Waals surface area contributed by atoms with Crippen LogP contribution < -0.4 is 11.1 Å². The Morgan fingerprint density at radius 1 is 1.47 bits per heavy atom. The van der Waals surface area contributed by atoms with E-state index in [9.17, 15) is 4.79 Å². The molecule has 1 rings (SSSR count). The van der Waals surface area contributed by atoms with E-state index in [1.165, 1.54) is 6.07 Å². The third-order valence-corrected chi connectivity index (χ3v) is 3.04. The second-order valence-electron chi connectivity index (χ2n) is 5.37. The molecule has 0 heterocycles. The van der Waals surface area contributed by atoms with Gasteiger partial charge in [0.1, 0.15) is 0 Å². The number of carboxylic acid groups (broad SMARTS) is 1. The quantitative estimate of drug-likeness (QED) is 0.660. The van der Waals surface area contributed by atoms with Crippen LogP contribution in [0.2, 0.25) is 0 Å². The fourth-order valence-corrected chi connectivity index (χ4v) is 1.64. The SMILES string of the molecule is COCCC(C)(C)CNc1cc(C(=O)O)ccc1N. The maximum atomic E-state index is 10.9. The zero-order valence-electron chi connectivity index (χ0n) is 11.7. The summed E-state index contributed by atoms with van der Waals surface area (Å²) in [5.41, 5.74) is 7.32. The van der Waals surface area contributed by atoms with Crippen molar-refractivity contribution < 1.29 is 14.6 Å². The Bertz CT molecular complexity index is 444. The smallest absolute Gasteiger partial charge is 0.335 e. The third kappa shape index (κ3) is 4.79. The Morgan fingerprint density at radius 3 is 2.74 bits per heavy atom. The van der Waals surface area contributed by atoms with Crippen molar-refractivity contribution in [3.05, 3.63) is 23.8 Å². The van der Waals surface area contributed by atoms with Crippen LogP contribution >= 0.6 is 0 Å². The van der Waals surface area contributed by atoms with Gasteiger partial charge in [0.15, 0.2) is 0 Å². The van der Waals surface area contributed by atoms with Gasteiger partial charge in [0.2, 0.25) is 0 Å². The number of carboxylic acids is 1. The zero-order valence-corrected chi connectivity index (χ0v) is 11.7. The minimum Gasteiger partial charge on any atom is -0.478 e. The number of methoxy groups -OCH3 is 1. The topological polar surface area (TPSA) is 84.6 Å². The van der Waals surface area contributed by atoms with E-state index in [0.29, 0.717) is 24.5 Å². The van der Waals surface area contributed by atoms with Gasteiger partial charge < -0.3 is 20.9 Å². The number of rotatable bonds is 7. The van der Waals surface area contributed by atoms with E-state index in [1.54, 1.807) is 19.2 Å². The lowest BCUT2D eigenvalue weighted by Crippen LogP contribution is -2.25. The number of hydrogen-bond acceptors (Lipinski definition) is 4. The second-order valence-corrected chi connectivity index (χ2v) is 5.37. The number of carbonyl (C=O) groups is 1. The summed E-state index contributed by atoms with van der Waals surface area (Å²) in [5.74, 6) is -0.957. The monoisotopic (exact) mass is 266 g/mol. The number of benzene rings is 1. The second kappa shape index (κ2) is 6.43. The fraction of sp³-hybridized carbons (Fsp3) is 0.500. The summed E-state index contributed by atoms with van der Waals surface area (Å²) in [5, 5.41) is 12.2. The summed E-state index contributed by atoms with van der Waals surface area (Å²) in [4.78, 5) is 10.9. The molecular formula is C14H22N2O3. The van der Waals surface area contributed by atoms with Crippen molar-refractivity contribution in [3.63, 3.8) is 0 Å². The number of hydrogen-bond donors (Lipinski definition) is 3. The highest BCUT2D eigenvalue weighted by Gasteiger charge is 2.18. The summed E-state index contributed by atoms with van der Waals surface area (Å²) in [6, 6.07) is 4.66. The average molecular weight is 266 g/mol. The molecule has 0 aliphatic rings. The molecule has 0 aliphatic heterocycles. The Hall–Kier alpha value is -1.75. The first kappa shape index (κ1) is 15.3. The van der Waals surface area contributed by atoms with E-state index in [-0.39, 0.29) is 11.0 Å². The van der Waals surface area contributed by atoms with Crippen LogP contribution in [0.4, 0.5) is 11.4 Å². The Balaban J connectivity index is 2.71. The normalized spacial score (nSPS) is 11.3. The molecule has 4 N–H and O–H groups in total. The largest absolute Gasteiger partial charge is 0.478 e. The van der Waals surface area contributed by atoms with Crippen molar-refractivity contribution in [2.75, 3.05) is 31.3 Å². The Morgan fingerprint density at radius 2 is 2.16 bits per heavy atom. The van der Waals surface area contributed by atoms with Crippen molar-refractivity contribution in [1.82, 2.24) is 0 Å². The first-order valence-electron chi connectivity index (χ1n) is 6.21. The van der Waals surface area contributed by atoms with E-state index in [2.05, 4.69) is 19.2 Å². The van der Waals surface area contributed by atoms with Crippen LogP contribution in [0.1, 0.15) is 30.6 Å². The number of nitrogens with one attached hydrogen (secondary N) is 1. The molecule has 1 aromatic carbocycles. The van der Waals surface area contributed by atoms with Crippen LogP contribution in [0.3, 0.4) is 0 Å². The number of ether oxygens (including phenoxy) is 1. The first-order chi connectivity index (χ1) is 8.85. The van der Waals surface area contributed by atoms with Gasteiger partial charge in [-0.15, -0.1) is 0 Å². The van der Waals surface area contributed by atoms with Crippen molar-refractivity contribution in [2.24, 2.45) is 5.41 Å². The molecule has 0 saturated carbocycles. The van der Waals surface area contributed by atoms with E-state index < -0.39 is 5.97 Å². The minimum atomic E-state index is -0.957. The molecule has 0 radical (unpaired) electrons. The number of nitrogen functional groups attached to an aromatic ring is 1. The standard InChI is InChI=1S/C14H22N2O3/c1-14(2,6-7-19-3)9-16-12-8-10(13(17)18)4-5-11(12)15/h4-5,8,16H,6-7,9,15H2,1-3H3,(H,17,18). The van der Waals surface area contributed by atoms with Gasteiger partial charge in [-0.25, -0.2) is 4.79 Å². The van der Waals surface area contributed by atoms with Crippen LogP contribution in [-0.4, -0.2) is 31.3 Å². The van der Waals surface area contributed by atoms with E-state index >= 15 is 0 Å². The van der Waals surface area contributed by atoms with Gasteiger partial charge in [-0.1, -0.05) is 13.8 Å². The van der Waals surface area contributed by atoms with Crippen LogP contribution in [0.5, 0.6) is 0 Å². The summed E-state index contributed by atoms with van der Waals surface area (Å²) < 4.78 is 5.07. The zero-order chi connectivity index (χ0) is 14.5. The molecule has 0 saturated heterocycles. The predicted molar refractivity (Wildman–Crippen MR) is 76.6 cm³/mol. The lowest BCUT2D eigenvalue weighted by molar-refractivity contribution is 0.0697. The molecule has 0 atom stereocenters. The maximum Gasteiger partial charge on any atom is 0.335 e. The highest BCUT2D eigenvalue weighted by Crippen LogP contribution is 2.25. The third-order valence-electron chi connectivity index (χ3n) is 3.04. The molecule has 0 unspecified atom stereocenters. The van der Waals surface area contributed by atoms with Gasteiger partial charge in [-0.2, -0.15) is 0 Å². The summed E-state index contributed by atoms with van der Waals surface area (Å²) in [6.45, 7) is 5.63. The van der Waals surface area contributed by atoms with E-state index in [1.807, 2.05) is 0 Å². The van der Waals surface area contributed by atoms with Crippen LogP contribution in [0.25, 0.3) is 0 Å². The number of nitrogens with two attached hydrogens (primary N) is 1. The highest BCUT2D eigenvalue weighted by molar-refractivity contribution is 5.90. The molecule has 1 aromatic rings. The molecule has 0 aromatic heterocycles. The van der Waals surface area contributed by atoms with Gasteiger partial charge in [0, 0.05) is 20.3 Å². The van der Waals surface area contributed by atoms with Crippen molar-refractivity contribution in [3.8, 4) is 0 Å². The summed E-state index contributed by atoms with van der Waals surface area (Å²) in [6.07, 6.45) is 0.912. The van der Waals surface area contributed by atoms with Gasteiger partial charge in [0.25, 0.3) is 0 Å². The van der Waals surface area contributed by atoms with Crippen molar-refractivity contribution >= 4 is 17.3 Å². The predicted octanol–water partition coefficient (Wildman–Crippen LogP) is 2.44. The number of anilines is 2. The van der Waals surface area contributed by atoms with Gasteiger partial charge in [-0.05, 0) is 30.0 Å². The summed E-state index contributed by atoms with van der Waals surface area (Å²) >= 11 is 0. The molecule has 5 heteroatoms. The van der Waals surface area contributed by atoms with Crippen molar-refractivity contribution in [2.45, 2.75) is 20.3 Å². The molecule has 0 fully saturated rings. The highest BCUT2D eigenvalue weighted by atomic mass is 16.5. The molecule has 106 valence electrons. The lowest BCUT2D eigenvalue weighted by atomic mass is 9.89. The molecule has 0 spiro atoms. The summed E-state index contributed by atoms with van der Waals surface area (Å²) in [7, 11) is 1.68. The Labute approximate surface area is 113 Å². The Kier molecular flexibility index (Phi) is 5.18. The number of aromatic carboxylic acids is 1. The van der Waals surface area contributed by atoms with E-state index in [0.717, 1.165) is 6.42 Å². The molecular weight excluding hydrogens is 244 g/mol. The van der Waals surface area contributed by atoms with Gasteiger partial charge in [0.05, 0.1) is 16.9 Å². The van der Waals surface area contributed by atoms with Crippen LogP contribution in [0, 0.1) is 5.41 Å². The maximum absolute atomic E-state index is 10.9. The van der Waals surface area contributed by atoms with Gasteiger partial charge in [-0.3, -0.25) is 0 Å². The molecule has 0 bridgehead atoms. The average Bonchev–Trinajstić information content (AvgIpc) is 2.35. The van der Waals surface area contributed by atoms with Crippen LogP contribution in [-0.2, 0) is 4.74 Å².